The van der Waals surface area contributed by atoms with Gasteiger partial charge in [-0.3, -0.25) is 10.1 Å². The molecule has 0 saturated heterocycles. The molecule has 63 valence electrons. The summed E-state index contributed by atoms with van der Waals surface area (Å²) in [5.74, 6) is 0. The standard InChI is InChI=1S/C8H9N2O2/c1-2-6-5-7(10(11)12)3-4-8(6)9/h2-5H,9H2,1H3. The topological polar surface area (TPSA) is 69.2 Å². The van der Waals surface area contributed by atoms with Crippen molar-refractivity contribution in [1.29, 1.82) is 0 Å². The molecule has 0 aliphatic rings. The number of nitrogens with two attached hydrogens (primary N) is 1. The second-order valence-corrected chi connectivity index (χ2v) is 2.36. The first-order valence-electron chi connectivity index (χ1n) is 3.48. The Morgan fingerprint density at radius 2 is 2.25 bits per heavy atom. The lowest BCUT2D eigenvalue weighted by molar-refractivity contribution is -0.384. The van der Waals surface area contributed by atoms with E-state index >= 15 is 0 Å². The van der Waals surface area contributed by atoms with Crippen molar-refractivity contribution in [2.45, 2.75) is 6.92 Å². The fourth-order valence-corrected chi connectivity index (χ4v) is 0.926. The molecule has 4 heteroatoms. The highest BCUT2D eigenvalue weighted by Gasteiger charge is 2.06. The third-order valence-electron chi connectivity index (χ3n) is 1.59. The van der Waals surface area contributed by atoms with Crippen LogP contribution in [0.5, 0.6) is 0 Å². The van der Waals surface area contributed by atoms with Crippen LogP contribution in [-0.4, -0.2) is 4.92 Å². The largest absolute Gasteiger partial charge is 0.398 e. The van der Waals surface area contributed by atoms with Crippen LogP contribution in [0.1, 0.15) is 12.5 Å². The normalized spacial score (nSPS) is 9.75. The van der Waals surface area contributed by atoms with Crippen LogP contribution in [0.2, 0.25) is 0 Å². The summed E-state index contributed by atoms with van der Waals surface area (Å²) in [6, 6.07) is 4.38. The zero-order valence-electron chi connectivity index (χ0n) is 6.65. The zero-order valence-corrected chi connectivity index (χ0v) is 6.65. The molecule has 1 aromatic rings. The molecule has 0 spiro atoms. The van der Waals surface area contributed by atoms with E-state index in [0.29, 0.717) is 11.3 Å². The van der Waals surface area contributed by atoms with E-state index in [2.05, 4.69) is 0 Å². The average Bonchev–Trinajstić information content (AvgIpc) is 2.05. The van der Waals surface area contributed by atoms with Gasteiger partial charge in [0.25, 0.3) is 5.69 Å². The Bertz CT molecular complexity index is 310. The predicted molar refractivity (Wildman–Crippen MR) is 46.6 cm³/mol. The van der Waals surface area contributed by atoms with Gasteiger partial charge >= 0.3 is 0 Å². The number of nitro benzene ring substituents is 1. The summed E-state index contributed by atoms with van der Waals surface area (Å²) in [6.07, 6.45) is 1.74. The first-order chi connectivity index (χ1) is 5.65. The predicted octanol–water partition coefficient (Wildman–Crippen LogP) is 1.75. The minimum Gasteiger partial charge on any atom is -0.398 e. The molecule has 1 radical (unpaired) electrons. The second-order valence-electron chi connectivity index (χ2n) is 2.36. The average molecular weight is 165 g/mol. The maximum atomic E-state index is 10.3. The van der Waals surface area contributed by atoms with E-state index < -0.39 is 4.92 Å². The molecular weight excluding hydrogens is 156 g/mol. The number of rotatable bonds is 2. The van der Waals surface area contributed by atoms with Crippen LogP contribution < -0.4 is 5.73 Å². The van der Waals surface area contributed by atoms with Gasteiger partial charge in [-0.05, 0) is 18.1 Å². The molecule has 4 nitrogen and oxygen atoms in total. The van der Waals surface area contributed by atoms with Crippen LogP contribution in [0.15, 0.2) is 18.2 Å². The molecule has 1 aromatic carbocycles. The number of hydrogen-bond donors (Lipinski definition) is 1. The Balaban J connectivity index is 3.13. The fraction of sp³-hybridized carbons (Fsp3) is 0.125. The van der Waals surface area contributed by atoms with E-state index in [4.69, 9.17) is 5.73 Å². The molecule has 1 rings (SSSR count). The van der Waals surface area contributed by atoms with Gasteiger partial charge in [-0.2, -0.15) is 0 Å². The molecule has 0 unspecified atom stereocenters. The third-order valence-corrected chi connectivity index (χ3v) is 1.59. The van der Waals surface area contributed by atoms with E-state index in [9.17, 15) is 10.1 Å². The Kier molecular flexibility index (Phi) is 2.28. The van der Waals surface area contributed by atoms with Crippen molar-refractivity contribution >= 4 is 11.4 Å². The van der Waals surface area contributed by atoms with Gasteiger partial charge in [0.05, 0.1) is 4.92 Å². The van der Waals surface area contributed by atoms with Gasteiger partial charge < -0.3 is 5.73 Å². The van der Waals surface area contributed by atoms with Crippen molar-refractivity contribution in [3.8, 4) is 0 Å². The van der Waals surface area contributed by atoms with E-state index in [1.54, 1.807) is 13.3 Å². The lowest BCUT2D eigenvalue weighted by Crippen LogP contribution is -1.94. The van der Waals surface area contributed by atoms with Crippen LogP contribution in [0, 0.1) is 16.5 Å². The Morgan fingerprint density at radius 1 is 1.58 bits per heavy atom. The maximum Gasteiger partial charge on any atom is 0.269 e. The van der Waals surface area contributed by atoms with Crippen LogP contribution in [0.25, 0.3) is 0 Å². The second kappa shape index (κ2) is 3.21. The molecule has 0 aliphatic heterocycles. The Labute approximate surface area is 70.2 Å². The quantitative estimate of drug-likeness (QED) is 0.412. The first kappa shape index (κ1) is 8.52. The van der Waals surface area contributed by atoms with Crippen molar-refractivity contribution in [3.05, 3.63) is 40.3 Å². The van der Waals surface area contributed by atoms with Gasteiger partial charge in [-0.1, -0.05) is 6.92 Å². The summed E-state index contributed by atoms with van der Waals surface area (Å²) < 4.78 is 0. The van der Waals surface area contributed by atoms with E-state index in [-0.39, 0.29) is 5.69 Å². The summed E-state index contributed by atoms with van der Waals surface area (Å²) in [6.45, 7) is 1.79. The molecule has 0 heterocycles. The first-order valence-corrected chi connectivity index (χ1v) is 3.48. The summed E-state index contributed by atoms with van der Waals surface area (Å²) >= 11 is 0. The molecule has 0 aliphatic carbocycles. The summed E-state index contributed by atoms with van der Waals surface area (Å²) in [5.41, 5.74) is 6.87. The van der Waals surface area contributed by atoms with Gasteiger partial charge in [0.1, 0.15) is 0 Å². The van der Waals surface area contributed by atoms with Crippen molar-refractivity contribution in [2.75, 3.05) is 5.73 Å². The molecule has 2 N–H and O–H groups in total. The van der Waals surface area contributed by atoms with Crippen molar-refractivity contribution in [3.63, 3.8) is 0 Å². The van der Waals surface area contributed by atoms with Crippen LogP contribution in [0.4, 0.5) is 11.4 Å². The van der Waals surface area contributed by atoms with Crippen molar-refractivity contribution in [1.82, 2.24) is 0 Å². The molecule has 12 heavy (non-hydrogen) atoms. The molecule has 0 saturated carbocycles. The Hall–Kier alpha value is -1.58. The zero-order chi connectivity index (χ0) is 9.14. The highest BCUT2D eigenvalue weighted by molar-refractivity contribution is 5.55. The smallest absolute Gasteiger partial charge is 0.269 e. The lowest BCUT2D eigenvalue weighted by atomic mass is 10.1. The SMILES string of the molecule is C[CH]c1cc([N+](=O)[O-])ccc1N. The molecular formula is C8H9N2O2. The number of non-ortho nitro benzene ring substituents is 1. The van der Waals surface area contributed by atoms with Crippen molar-refractivity contribution in [2.24, 2.45) is 0 Å². The fourth-order valence-electron chi connectivity index (χ4n) is 0.926. The number of benzene rings is 1. The Morgan fingerprint density at radius 3 is 2.75 bits per heavy atom. The monoisotopic (exact) mass is 165 g/mol. The summed E-state index contributed by atoms with van der Waals surface area (Å²) in [4.78, 5) is 9.89. The molecule has 0 bridgehead atoms. The maximum absolute atomic E-state index is 10.3. The molecule has 0 atom stereocenters. The van der Waals surface area contributed by atoms with Gasteiger partial charge in [-0.25, -0.2) is 0 Å². The molecule has 0 aromatic heterocycles. The van der Waals surface area contributed by atoms with Crippen LogP contribution in [0.3, 0.4) is 0 Å². The summed E-state index contributed by atoms with van der Waals surface area (Å²) in [7, 11) is 0. The molecule has 0 fully saturated rings. The number of nitrogens with zero attached hydrogens (tertiary/aromatic N) is 1. The number of hydrogen-bond acceptors (Lipinski definition) is 3. The van der Waals surface area contributed by atoms with Gasteiger partial charge in [-0.15, -0.1) is 0 Å². The van der Waals surface area contributed by atoms with Gasteiger partial charge in [0, 0.05) is 17.8 Å². The minimum absolute atomic E-state index is 0.0669. The van der Waals surface area contributed by atoms with E-state index in [1.807, 2.05) is 0 Å². The van der Waals surface area contributed by atoms with Gasteiger partial charge in [0.15, 0.2) is 0 Å². The van der Waals surface area contributed by atoms with Crippen LogP contribution in [-0.2, 0) is 0 Å². The number of anilines is 1. The number of nitrogen functional groups attached to an aromatic ring is 1. The number of nitro groups is 1. The van der Waals surface area contributed by atoms with E-state index in [1.165, 1.54) is 18.2 Å². The van der Waals surface area contributed by atoms with Crippen LogP contribution >= 0.6 is 0 Å². The minimum atomic E-state index is -0.438. The van der Waals surface area contributed by atoms with Crippen molar-refractivity contribution < 1.29 is 4.92 Å². The molecule has 0 amide bonds. The lowest BCUT2D eigenvalue weighted by Gasteiger charge is -2.00. The highest BCUT2D eigenvalue weighted by Crippen LogP contribution is 2.20. The van der Waals surface area contributed by atoms with E-state index in [0.717, 1.165) is 0 Å². The van der Waals surface area contributed by atoms with Gasteiger partial charge in [0.2, 0.25) is 0 Å². The summed E-state index contributed by atoms with van der Waals surface area (Å²) in [5, 5.41) is 10.3. The highest BCUT2D eigenvalue weighted by atomic mass is 16.6. The third kappa shape index (κ3) is 1.53.